The van der Waals surface area contributed by atoms with Gasteiger partial charge in [0.25, 0.3) is 0 Å². The Morgan fingerprint density at radius 3 is 1.97 bits per heavy atom. The minimum atomic E-state index is 0. The van der Waals surface area contributed by atoms with E-state index in [0.717, 1.165) is 61.0 Å². The van der Waals surface area contributed by atoms with Gasteiger partial charge in [-0.05, 0) is 68.6 Å². The van der Waals surface area contributed by atoms with Crippen LogP contribution >= 0.6 is 0 Å². The van der Waals surface area contributed by atoms with Crippen molar-refractivity contribution in [2.24, 2.45) is 0 Å². The standard InChI is InChI=1S/C35H29N2O.C19H24N.Ir/c1-21(2)24-13-9-14-25(22(3)4)32(24)37-31-18-8-7-17-30(31)36-35(37)29-16-10-15-27-28-20-19-23-11-5-6-12-26(23)33(28)38-34(27)29;1-18(2,3)15-9-7-8-14(12-15)17-13-16(10-11-20-17)19(4,5)6;/h5-15,17-22H,1-4H3;7,9-13H,1-6H3;/q2*-1;. The van der Waals surface area contributed by atoms with Crippen LogP contribution in [-0.4, -0.2) is 14.5 Å². The molecule has 0 aliphatic rings. The first kappa shape index (κ1) is 41.8. The second kappa shape index (κ2) is 16.4. The number of furan rings is 1. The summed E-state index contributed by atoms with van der Waals surface area (Å²) in [7, 11) is 0. The van der Waals surface area contributed by atoms with Crippen LogP contribution in [0.15, 0.2) is 132 Å². The molecule has 301 valence electrons. The van der Waals surface area contributed by atoms with Crippen molar-refractivity contribution in [3.8, 4) is 28.3 Å². The number of imidazole rings is 1. The predicted octanol–water partition coefficient (Wildman–Crippen LogP) is 14.9. The Kier molecular flexibility index (Phi) is 11.6. The van der Waals surface area contributed by atoms with Gasteiger partial charge in [0.15, 0.2) is 0 Å². The minimum absolute atomic E-state index is 0. The van der Waals surface area contributed by atoms with E-state index in [9.17, 15) is 0 Å². The summed E-state index contributed by atoms with van der Waals surface area (Å²) < 4.78 is 9.05. The summed E-state index contributed by atoms with van der Waals surface area (Å²) in [6, 6.07) is 49.4. The van der Waals surface area contributed by atoms with Crippen LogP contribution in [0.5, 0.6) is 0 Å². The molecule has 0 aliphatic heterocycles. The summed E-state index contributed by atoms with van der Waals surface area (Å²) in [4.78, 5) is 9.73. The van der Waals surface area contributed by atoms with Crippen molar-refractivity contribution >= 4 is 43.7 Å². The minimum Gasteiger partial charge on any atom is -0.500 e. The number of pyridine rings is 1. The van der Waals surface area contributed by atoms with Gasteiger partial charge in [-0.1, -0.05) is 153 Å². The molecule has 0 atom stereocenters. The van der Waals surface area contributed by atoms with Gasteiger partial charge in [0.2, 0.25) is 0 Å². The van der Waals surface area contributed by atoms with Crippen LogP contribution in [0.2, 0.25) is 0 Å². The first-order valence-corrected chi connectivity index (χ1v) is 20.6. The number of para-hydroxylation sites is 3. The Morgan fingerprint density at radius 1 is 0.610 bits per heavy atom. The predicted molar refractivity (Wildman–Crippen MR) is 244 cm³/mol. The smallest absolute Gasteiger partial charge is 0.128 e. The van der Waals surface area contributed by atoms with Gasteiger partial charge in [0.05, 0.1) is 22.4 Å². The van der Waals surface area contributed by atoms with Crippen LogP contribution in [-0.2, 0) is 30.9 Å². The molecule has 1 radical (unpaired) electrons. The van der Waals surface area contributed by atoms with Crippen LogP contribution < -0.4 is 0 Å². The van der Waals surface area contributed by atoms with Gasteiger partial charge >= 0.3 is 0 Å². The van der Waals surface area contributed by atoms with E-state index >= 15 is 0 Å². The molecule has 5 heteroatoms. The maximum absolute atomic E-state index is 6.71. The topological polar surface area (TPSA) is 43.9 Å². The first-order chi connectivity index (χ1) is 27.7. The molecule has 0 saturated carbocycles. The van der Waals surface area contributed by atoms with E-state index in [0.29, 0.717) is 11.8 Å². The zero-order valence-electron chi connectivity index (χ0n) is 35.9. The van der Waals surface area contributed by atoms with Crippen LogP contribution in [0.1, 0.15) is 103 Å². The van der Waals surface area contributed by atoms with E-state index in [1.165, 1.54) is 33.3 Å². The van der Waals surface area contributed by atoms with E-state index in [4.69, 9.17) is 9.40 Å². The summed E-state index contributed by atoms with van der Waals surface area (Å²) in [5.74, 6) is 1.57. The third kappa shape index (κ3) is 8.04. The fourth-order valence-electron chi connectivity index (χ4n) is 7.95. The molecule has 3 aromatic heterocycles. The average molecular weight is 952 g/mol. The Hall–Kier alpha value is -5.35. The van der Waals surface area contributed by atoms with Crippen molar-refractivity contribution in [1.82, 2.24) is 14.5 Å². The Balaban J connectivity index is 0.000000214. The monoisotopic (exact) mass is 952 g/mol. The second-order valence-electron chi connectivity index (χ2n) is 18.1. The Bertz CT molecular complexity index is 2850. The molecule has 0 aliphatic carbocycles. The number of aromatic nitrogens is 3. The summed E-state index contributed by atoms with van der Waals surface area (Å²) >= 11 is 0. The number of rotatable bonds is 5. The maximum atomic E-state index is 6.71. The Labute approximate surface area is 363 Å². The zero-order chi connectivity index (χ0) is 40.9. The van der Waals surface area contributed by atoms with Gasteiger partial charge in [-0.15, -0.1) is 53.6 Å². The van der Waals surface area contributed by atoms with E-state index in [1.807, 2.05) is 18.3 Å². The van der Waals surface area contributed by atoms with E-state index in [1.54, 1.807) is 0 Å². The normalized spacial score (nSPS) is 12.1. The Morgan fingerprint density at radius 2 is 1.25 bits per heavy atom. The van der Waals surface area contributed by atoms with E-state index in [-0.39, 0.29) is 30.9 Å². The molecule has 3 heterocycles. The number of benzene rings is 6. The quantitative estimate of drug-likeness (QED) is 0.162. The van der Waals surface area contributed by atoms with Crippen molar-refractivity contribution in [2.75, 3.05) is 0 Å². The molecule has 9 aromatic rings. The number of nitrogens with zero attached hydrogens (tertiary/aromatic N) is 3. The molecular formula is C54H53IrN3O-2. The molecule has 0 bridgehead atoms. The van der Waals surface area contributed by atoms with Crippen molar-refractivity contribution in [3.63, 3.8) is 0 Å². The maximum Gasteiger partial charge on any atom is 0.128 e. The van der Waals surface area contributed by atoms with Gasteiger partial charge in [0.1, 0.15) is 5.58 Å². The first-order valence-electron chi connectivity index (χ1n) is 20.6. The second-order valence-corrected chi connectivity index (χ2v) is 18.1. The SMILES string of the molecule is CC(C)(C)c1cc[c-]c(-c2cc(C(C)(C)C)ccn2)c1.CC(C)c1cccc(C(C)C)c1-n1c(-c2[c-]ccc3c2oc2c4ccccc4ccc32)nc2ccccc21.[Ir]. The van der Waals surface area contributed by atoms with Gasteiger partial charge in [-0.3, -0.25) is 4.98 Å². The molecule has 0 unspecified atom stereocenters. The molecule has 0 saturated heterocycles. The third-order valence-corrected chi connectivity index (χ3v) is 11.2. The fourth-order valence-corrected chi connectivity index (χ4v) is 7.95. The van der Waals surface area contributed by atoms with Crippen LogP contribution in [0.25, 0.3) is 72.1 Å². The number of hydrogen-bond acceptors (Lipinski definition) is 3. The van der Waals surface area contributed by atoms with Gasteiger partial charge in [0, 0.05) is 42.8 Å². The third-order valence-electron chi connectivity index (χ3n) is 11.2. The van der Waals surface area contributed by atoms with Gasteiger partial charge in [-0.2, -0.15) is 0 Å². The van der Waals surface area contributed by atoms with Crippen molar-refractivity contribution in [2.45, 2.75) is 91.9 Å². The molecule has 0 N–H and O–H groups in total. The van der Waals surface area contributed by atoms with Crippen LogP contribution in [0.3, 0.4) is 0 Å². The van der Waals surface area contributed by atoms with Crippen molar-refractivity contribution in [3.05, 3.63) is 162 Å². The molecular weight excluding hydrogens is 899 g/mol. The summed E-state index contributed by atoms with van der Waals surface area (Å²) in [6.45, 7) is 22.4. The van der Waals surface area contributed by atoms with Gasteiger partial charge < -0.3 is 14.0 Å². The number of hydrogen-bond donors (Lipinski definition) is 0. The number of fused-ring (bicyclic) bond motifs is 6. The summed E-state index contributed by atoms with van der Waals surface area (Å²) in [5.41, 5.74) is 13.5. The van der Waals surface area contributed by atoms with Crippen LogP contribution in [0.4, 0.5) is 0 Å². The zero-order valence-corrected chi connectivity index (χ0v) is 38.3. The molecule has 0 fully saturated rings. The molecule has 0 spiro atoms. The largest absolute Gasteiger partial charge is 0.500 e. The summed E-state index contributed by atoms with van der Waals surface area (Å²) in [5, 5.41) is 4.48. The van der Waals surface area contributed by atoms with Gasteiger partial charge in [-0.25, -0.2) is 0 Å². The molecule has 4 nitrogen and oxygen atoms in total. The molecule has 6 aromatic carbocycles. The molecule has 0 amide bonds. The summed E-state index contributed by atoms with van der Waals surface area (Å²) in [6.07, 6.45) is 1.90. The fraction of sp³-hybridized carbons (Fsp3) is 0.259. The van der Waals surface area contributed by atoms with E-state index in [2.05, 4.69) is 200 Å². The average Bonchev–Trinajstić information content (AvgIpc) is 3.79. The van der Waals surface area contributed by atoms with Crippen molar-refractivity contribution < 1.29 is 24.5 Å². The van der Waals surface area contributed by atoms with E-state index < -0.39 is 0 Å². The van der Waals surface area contributed by atoms with Crippen LogP contribution in [0, 0.1) is 12.1 Å². The van der Waals surface area contributed by atoms with Crippen molar-refractivity contribution in [1.29, 1.82) is 0 Å². The molecule has 9 rings (SSSR count). The molecule has 59 heavy (non-hydrogen) atoms.